The van der Waals surface area contributed by atoms with Crippen LogP contribution in [0.4, 0.5) is 0 Å². The summed E-state index contributed by atoms with van der Waals surface area (Å²) < 4.78 is 11.4. The zero-order valence-electron chi connectivity index (χ0n) is 27.9. The summed E-state index contributed by atoms with van der Waals surface area (Å²) in [5, 5.41) is 5.85. The number of nitrogens with one attached hydrogen (secondary N) is 2. The van der Waals surface area contributed by atoms with Gasteiger partial charge in [-0.15, -0.1) is 0 Å². The Morgan fingerprint density at radius 1 is 0.775 bits per heavy atom. The topological polar surface area (TPSA) is 146 Å². The lowest BCUT2D eigenvalue weighted by molar-refractivity contribution is -0.128. The van der Waals surface area contributed by atoms with Gasteiger partial charge in [0.15, 0.2) is 0 Å². The van der Waals surface area contributed by atoms with Crippen molar-refractivity contribution < 1.29 is 23.9 Å². The van der Waals surface area contributed by atoms with Gasteiger partial charge < -0.3 is 31.6 Å². The molecule has 3 amide bonds. The molecule has 0 saturated heterocycles. The highest BCUT2D eigenvalue weighted by Crippen LogP contribution is 2.18. The van der Waals surface area contributed by atoms with E-state index in [1.54, 1.807) is 0 Å². The maximum Gasteiger partial charge on any atom is 0.239 e. The van der Waals surface area contributed by atoms with Gasteiger partial charge in [0.25, 0.3) is 0 Å². The first-order chi connectivity index (χ1) is 18.5. The highest BCUT2D eigenvalue weighted by molar-refractivity contribution is 5.86. The van der Waals surface area contributed by atoms with Gasteiger partial charge in [-0.2, -0.15) is 0 Å². The summed E-state index contributed by atoms with van der Waals surface area (Å²) in [5.41, 5.74) is 9.74. The van der Waals surface area contributed by atoms with E-state index < -0.39 is 17.6 Å². The highest BCUT2D eigenvalue weighted by Gasteiger charge is 2.23. The van der Waals surface area contributed by atoms with Gasteiger partial charge in [-0.1, -0.05) is 60.8 Å². The van der Waals surface area contributed by atoms with E-state index in [0.717, 1.165) is 38.6 Å². The third kappa shape index (κ3) is 30.8. The second-order valence-corrected chi connectivity index (χ2v) is 12.2. The van der Waals surface area contributed by atoms with Crippen LogP contribution in [0.3, 0.4) is 0 Å². The van der Waals surface area contributed by atoms with Crippen LogP contribution in [0.5, 0.6) is 0 Å². The fourth-order valence-electron chi connectivity index (χ4n) is 3.58. The molecule has 0 fully saturated rings. The number of hydrogen-bond donors (Lipinski definition) is 4. The third-order valence-corrected chi connectivity index (χ3v) is 6.01. The molecule has 0 heterocycles. The molecule has 0 aliphatic rings. The number of carbonyl (C=O) groups excluding carboxylic acids is 3. The Balaban J connectivity index is -0.000000766. The summed E-state index contributed by atoms with van der Waals surface area (Å²) >= 11 is 0. The quantitative estimate of drug-likeness (QED) is 0.141. The van der Waals surface area contributed by atoms with Crippen LogP contribution in [-0.4, -0.2) is 61.8 Å². The first-order valence-corrected chi connectivity index (χ1v) is 15.3. The highest BCUT2D eigenvalue weighted by atomic mass is 16.5. The summed E-state index contributed by atoms with van der Waals surface area (Å²) in [6.45, 7) is 22.6. The number of hydrogen-bond acceptors (Lipinski definition) is 6. The minimum atomic E-state index is -0.570. The number of unbranched alkanes of at least 4 members (excludes halogenated alkanes) is 1. The zero-order valence-corrected chi connectivity index (χ0v) is 27.9. The van der Waals surface area contributed by atoms with E-state index in [-0.39, 0.29) is 23.8 Å². The lowest BCUT2D eigenvalue weighted by atomic mass is 10.0. The first-order valence-electron chi connectivity index (χ1n) is 15.3. The molecule has 0 saturated carbocycles. The minimum absolute atomic E-state index is 0.139. The fraction of sp³-hybridized carbons (Fsp3) is 0.903. The Hall–Kier alpha value is -1.71. The molecule has 6 N–H and O–H groups in total. The van der Waals surface area contributed by atoms with Crippen molar-refractivity contribution in [2.75, 3.05) is 26.8 Å². The second-order valence-electron chi connectivity index (χ2n) is 12.2. The molecule has 0 rings (SSSR count). The van der Waals surface area contributed by atoms with Gasteiger partial charge in [0, 0.05) is 19.6 Å². The van der Waals surface area contributed by atoms with Crippen molar-refractivity contribution in [2.45, 2.75) is 144 Å². The largest absolute Gasteiger partial charge is 0.376 e. The van der Waals surface area contributed by atoms with E-state index in [2.05, 4.69) is 38.3 Å². The predicted molar refractivity (Wildman–Crippen MR) is 167 cm³/mol. The van der Waals surface area contributed by atoms with Crippen molar-refractivity contribution in [1.82, 2.24) is 10.6 Å². The maximum absolute atomic E-state index is 12.1. The Labute approximate surface area is 246 Å². The minimum Gasteiger partial charge on any atom is -0.376 e. The number of amides is 3. The predicted octanol–water partition coefficient (Wildman–Crippen LogP) is 5.09. The standard InChI is InChI=1S/C19H39N3O3.C10H21NO2.C2H6/c1-15(2)9-6-7-10-16(18(20)24)22-17(23)11-12-19(3,4)25-14-8-13-21-5;1-8(2)5-6-13-10(3,4)7-9(11)12;1-2/h15-16,21H,6-14H2,1-5H3,(H2,20,24)(H,22,23);8H,5-7H2,1-4H3,(H2,11,12);1-2H3. The van der Waals surface area contributed by atoms with Crippen LogP contribution in [0.25, 0.3) is 0 Å². The van der Waals surface area contributed by atoms with Crippen LogP contribution >= 0.6 is 0 Å². The van der Waals surface area contributed by atoms with Crippen LogP contribution < -0.4 is 22.1 Å². The Bertz CT molecular complexity index is 652. The van der Waals surface area contributed by atoms with Gasteiger partial charge in [0.05, 0.1) is 17.6 Å². The van der Waals surface area contributed by atoms with Gasteiger partial charge in [-0.3, -0.25) is 14.4 Å². The smallest absolute Gasteiger partial charge is 0.239 e. The monoisotopic (exact) mass is 575 g/mol. The van der Waals surface area contributed by atoms with Crippen molar-refractivity contribution in [1.29, 1.82) is 0 Å². The van der Waals surface area contributed by atoms with Crippen LogP contribution in [0.15, 0.2) is 0 Å². The molecule has 0 bridgehead atoms. The molecular formula is C31H66N4O5. The molecule has 0 aliphatic heterocycles. The Morgan fingerprint density at radius 2 is 1.30 bits per heavy atom. The van der Waals surface area contributed by atoms with Gasteiger partial charge in [0.1, 0.15) is 6.04 Å². The molecule has 0 aliphatic carbocycles. The van der Waals surface area contributed by atoms with Crippen LogP contribution in [0.2, 0.25) is 0 Å². The van der Waals surface area contributed by atoms with Crippen LogP contribution in [0, 0.1) is 11.8 Å². The van der Waals surface area contributed by atoms with Crippen LogP contribution in [0.1, 0.15) is 127 Å². The molecule has 9 heteroatoms. The lowest BCUT2D eigenvalue weighted by Gasteiger charge is -2.25. The molecule has 0 radical (unpaired) electrons. The summed E-state index contributed by atoms with van der Waals surface area (Å²) in [7, 11) is 1.91. The summed E-state index contributed by atoms with van der Waals surface area (Å²) in [4.78, 5) is 34.3. The molecule has 0 aromatic rings. The summed E-state index contributed by atoms with van der Waals surface area (Å²) in [6.07, 6.45) is 6.85. The Morgan fingerprint density at radius 3 is 1.77 bits per heavy atom. The number of carbonyl (C=O) groups is 3. The third-order valence-electron chi connectivity index (χ3n) is 6.01. The number of ether oxygens (including phenoxy) is 2. The van der Waals surface area contributed by atoms with Gasteiger partial charge in [-0.05, 0) is 78.8 Å². The van der Waals surface area contributed by atoms with E-state index in [4.69, 9.17) is 20.9 Å². The van der Waals surface area contributed by atoms with Crippen molar-refractivity contribution in [2.24, 2.45) is 23.3 Å². The Kier molecular flexibility index (Phi) is 26.8. The van der Waals surface area contributed by atoms with Crippen molar-refractivity contribution in [3.05, 3.63) is 0 Å². The molecule has 1 atom stereocenters. The summed E-state index contributed by atoms with van der Waals surface area (Å²) in [6, 6.07) is -0.570. The SMILES string of the molecule is CC.CC(C)CCOC(C)(C)CC(N)=O.CNCCCOC(C)(C)CCC(=O)NC(CCCCC(C)C)C(N)=O. The van der Waals surface area contributed by atoms with Crippen molar-refractivity contribution in [3.63, 3.8) is 0 Å². The fourth-order valence-corrected chi connectivity index (χ4v) is 3.58. The average molecular weight is 575 g/mol. The van der Waals surface area contributed by atoms with Crippen molar-refractivity contribution in [3.8, 4) is 0 Å². The van der Waals surface area contributed by atoms with E-state index in [0.29, 0.717) is 44.3 Å². The van der Waals surface area contributed by atoms with Crippen molar-refractivity contribution >= 4 is 17.7 Å². The average Bonchev–Trinajstić information content (AvgIpc) is 2.82. The molecule has 1 unspecified atom stereocenters. The first kappa shape index (κ1) is 42.8. The number of rotatable bonds is 21. The van der Waals surface area contributed by atoms with Gasteiger partial charge >= 0.3 is 0 Å². The molecule has 9 nitrogen and oxygen atoms in total. The van der Waals surface area contributed by atoms with E-state index in [9.17, 15) is 14.4 Å². The molecule has 240 valence electrons. The molecule has 0 spiro atoms. The molecular weight excluding hydrogens is 508 g/mol. The van der Waals surface area contributed by atoms with E-state index in [1.807, 2.05) is 48.6 Å². The normalized spacial score (nSPS) is 12.2. The van der Waals surface area contributed by atoms with Gasteiger partial charge in [-0.25, -0.2) is 0 Å². The van der Waals surface area contributed by atoms with E-state index >= 15 is 0 Å². The molecule has 0 aromatic carbocycles. The second kappa shape index (κ2) is 25.0. The van der Waals surface area contributed by atoms with E-state index in [1.165, 1.54) is 0 Å². The molecule has 40 heavy (non-hydrogen) atoms. The summed E-state index contributed by atoms with van der Waals surface area (Å²) in [5.74, 6) is 0.371. The van der Waals surface area contributed by atoms with Gasteiger partial charge in [0.2, 0.25) is 17.7 Å². The molecule has 0 aromatic heterocycles. The van der Waals surface area contributed by atoms with Crippen LogP contribution in [-0.2, 0) is 23.9 Å². The zero-order chi connectivity index (χ0) is 31.8. The maximum atomic E-state index is 12.1. The lowest BCUT2D eigenvalue weighted by Crippen LogP contribution is -2.44. The number of nitrogens with two attached hydrogens (primary N) is 2. The number of primary amides is 2.